The Morgan fingerprint density at radius 1 is 1.27 bits per heavy atom. The molecule has 2 fully saturated rings. The van der Waals surface area contributed by atoms with E-state index in [1.54, 1.807) is 4.90 Å². The fraction of sp³-hybridized carbons (Fsp3) is 0.875. The lowest BCUT2D eigenvalue weighted by Gasteiger charge is -2.27. The Labute approximate surface area is 139 Å². The van der Waals surface area contributed by atoms with Crippen LogP contribution in [-0.2, 0) is 9.59 Å². The molecule has 0 aromatic carbocycles. The first-order valence-corrected chi connectivity index (χ1v) is 8.11. The van der Waals surface area contributed by atoms with Crippen LogP contribution >= 0.6 is 12.4 Å². The first-order valence-electron chi connectivity index (χ1n) is 8.11. The van der Waals surface area contributed by atoms with Crippen molar-refractivity contribution in [2.75, 3.05) is 13.1 Å². The second-order valence-electron chi connectivity index (χ2n) is 7.73. The zero-order chi connectivity index (χ0) is 15.6. The van der Waals surface area contributed by atoms with Crippen molar-refractivity contribution in [3.05, 3.63) is 0 Å². The highest BCUT2D eigenvalue weighted by Gasteiger charge is 2.36. The molecule has 2 unspecified atom stereocenters. The molecule has 0 bridgehead atoms. The predicted molar refractivity (Wildman–Crippen MR) is 89.8 cm³/mol. The van der Waals surface area contributed by atoms with E-state index in [2.05, 4.69) is 5.32 Å². The summed E-state index contributed by atoms with van der Waals surface area (Å²) in [6.45, 7) is 7.36. The number of halogens is 1. The Morgan fingerprint density at radius 3 is 2.45 bits per heavy atom. The van der Waals surface area contributed by atoms with Gasteiger partial charge in [-0.25, -0.2) is 0 Å². The number of carbonyl (C=O) groups excluding carboxylic acids is 2. The van der Waals surface area contributed by atoms with Crippen molar-refractivity contribution in [1.29, 1.82) is 0 Å². The van der Waals surface area contributed by atoms with Crippen LogP contribution in [0.5, 0.6) is 0 Å². The third-order valence-corrected chi connectivity index (χ3v) is 4.30. The highest BCUT2D eigenvalue weighted by atomic mass is 35.5. The monoisotopic (exact) mass is 331 g/mol. The van der Waals surface area contributed by atoms with Crippen molar-refractivity contribution in [2.45, 2.75) is 65.0 Å². The van der Waals surface area contributed by atoms with E-state index in [1.165, 1.54) is 12.8 Å². The number of likely N-dealkylation sites (tertiary alicyclic amines) is 1. The van der Waals surface area contributed by atoms with Gasteiger partial charge in [-0.1, -0.05) is 20.8 Å². The maximum Gasteiger partial charge on any atom is 0.242 e. The summed E-state index contributed by atoms with van der Waals surface area (Å²) in [7, 11) is 0. The number of nitrogens with two attached hydrogens (primary N) is 1. The minimum absolute atomic E-state index is 0. The summed E-state index contributed by atoms with van der Waals surface area (Å²) in [6.07, 6.45) is 4.51. The number of hydrogen-bond donors (Lipinski definition) is 2. The number of rotatable bonds is 5. The molecule has 6 heteroatoms. The third kappa shape index (κ3) is 5.43. The number of nitrogens with one attached hydrogen (secondary N) is 1. The summed E-state index contributed by atoms with van der Waals surface area (Å²) >= 11 is 0. The SMILES string of the molecule is CC(C)(C)CC(=O)N1CCCC1C(=O)NCC(N)C1CC1.Cl. The maximum absolute atomic E-state index is 12.4. The zero-order valence-corrected chi connectivity index (χ0v) is 14.7. The van der Waals surface area contributed by atoms with Crippen molar-refractivity contribution < 1.29 is 9.59 Å². The maximum atomic E-state index is 12.4. The van der Waals surface area contributed by atoms with Gasteiger partial charge in [-0.3, -0.25) is 9.59 Å². The summed E-state index contributed by atoms with van der Waals surface area (Å²) in [6, 6.07) is -0.236. The Morgan fingerprint density at radius 2 is 1.91 bits per heavy atom. The van der Waals surface area contributed by atoms with Crippen LogP contribution in [0.2, 0.25) is 0 Å². The summed E-state index contributed by atoms with van der Waals surface area (Å²) in [4.78, 5) is 26.4. The van der Waals surface area contributed by atoms with Crippen LogP contribution < -0.4 is 11.1 Å². The van der Waals surface area contributed by atoms with Crippen molar-refractivity contribution in [3.8, 4) is 0 Å². The summed E-state index contributed by atoms with van der Waals surface area (Å²) in [5, 5.41) is 2.94. The summed E-state index contributed by atoms with van der Waals surface area (Å²) in [5.41, 5.74) is 5.96. The lowest BCUT2D eigenvalue weighted by atomic mass is 9.91. The molecule has 1 aliphatic heterocycles. The molecular formula is C16H30ClN3O2. The topological polar surface area (TPSA) is 75.4 Å². The number of carbonyl (C=O) groups is 2. The normalized spacial score (nSPS) is 22.9. The first-order chi connectivity index (χ1) is 9.78. The van der Waals surface area contributed by atoms with Gasteiger partial charge in [0.05, 0.1) is 0 Å². The van der Waals surface area contributed by atoms with E-state index in [0.717, 1.165) is 12.8 Å². The van der Waals surface area contributed by atoms with Gasteiger partial charge < -0.3 is 16.0 Å². The van der Waals surface area contributed by atoms with Gasteiger partial charge in [-0.2, -0.15) is 0 Å². The smallest absolute Gasteiger partial charge is 0.242 e. The van der Waals surface area contributed by atoms with Crippen LogP contribution in [0.3, 0.4) is 0 Å². The molecule has 0 spiro atoms. The molecule has 1 saturated carbocycles. The Balaban J connectivity index is 0.00000242. The van der Waals surface area contributed by atoms with Crippen LogP contribution in [0.25, 0.3) is 0 Å². The van der Waals surface area contributed by atoms with E-state index in [1.807, 2.05) is 20.8 Å². The van der Waals surface area contributed by atoms with E-state index in [0.29, 0.717) is 25.4 Å². The molecule has 3 N–H and O–H groups in total. The second kappa shape index (κ2) is 7.64. The van der Waals surface area contributed by atoms with E-state index in [4.69, 9.17) is 5.73 Å². The van der Waals surface area contributed by atoms with Crippen LogP contribution in [0.15, 0.2) is 0 Å². The van der Waals surface area contributed by atoms with E-state index in [9.17, 15) is 9.59 Å². The Bertz CT molecular complexity index is 405. The Hall–Kier alpha value is -0.810. The average Bonchev–Trinajstić information content (AvgIpc) is 3.10. The number of amides is 2. The molecule has 22 heavy (non-hydrogen) atoms. The largest absolute Gasteiger partial charge is 0.353 e. The van der Waals surface area contributed by atoms with Gasteiger partial charge in [0.1, 0.15) is 6.04 Å². The van der Waals surface area contributed by atoms with Crippen LogP contribution in [-0.4, -0.2) is 41.9 Å². The molecule has 0 aromatic heterocycles. The summed E-state index contributed by atoms with van der Waals surface area (Å²) in [5.74, 6) is 0.630. The number of hydrogen-bond acceptors (Lipinski definition) is 3. The van der Waals surface area contributed by atoms with E-state index >= 15 is 0 Å². The highest BCUT2D eigenvalue weighted by Crippen LogP contribution is 2.31. The molecule has 2 amide bonds. The molecule has 128 valence electrons. The van der Waals surface area contributed by atoms with Crippen molar-refractivity contribution >= 4 is 24.2 Å². The fourth-order valence-electron chi connectivity index (χ4n) is 2.92. The standard InChI is InChI=1S/C16H29N3O2.ClH/c1-16(2,3)9-14(20)19-8-4-5-13(19)15(21)18-10-12(17)11-6-7-11;/h11-13H,4-10,17H2,1-3H3,(H,18,21);1H. The van der Waals surface area contributed by atoms with Gasteiger partial charge in [0.15, 0.2) is 0 Å². The molecular weight excluding hydrogens is 302 g/mol. The third-order valence-electron chi connectivity index (χ3n) is 4.30. The van der Waals surface area contributed by atoms with Crippen LogP contribution in [0.1, 0.15) is 52.9 Å². The van der Waals surface area contributed by atoms with Crippen molar-refractivity contribution in [3.63, 3.8) is 0 Å². The van der Waals surface area contributed by atoms with Gasteiger partial charge in [0, 0.05) is 25.6 Å². The molecule has 2 rings (SSSR count). The molecule has 1 heterocycles. The molecule has 5 nitrogen and oxygen atoms in total. The fourth-order valence-corrected chi connectivity index (χ4v) is 2.92. The van der Waals surface area contributed by atoms with Crippen molar-refractivity contribution in [1.82, 2.24) is 10.2 Å². The molecule has 2 aliphatic rings. The van der Waals surface area contributed by atoms with Gasteiger partial charge in [-0.05, 0) is 37.0 Å². The lowest BCUT2D eigenvalue weighted by molar-refractivity contribution is -0.139. The predicted octanol–water partition coefficient (Wildman–Crippen LogP) is 1.69. The molecule has 1 saturated heterocycles. The van der Waals surface area contributed by atoms with E-state index in [-0.39, 0.29) is 41.7 Å². The minimum atomic E-state index is -0.300. The lowest BCUT2D eigenvalue weighted by Crippen LogP contribution is -2.49. The van der Waals surface area contributed by atoms with Gasteiger partial charge in [0.25, 0.3) is 0 Å². The molecule has 0 aromatic rings. The summed E-state index contributed by atoms with van der Waals surface area (Å²) < 4.78 is 0. The minimum Gasteiger partial charge on any atom is -0.353 e. The quantitative estimate of drug-likeness (QED) is 0.805. The van der Waals surface area contributed by atoms with Gasteiger partial charge >= 0.3 is 0 Å². The first kappa shape index (κ1) is 19.2. The molecule has 2 atom stereocenters. The number of nitrogens with zero attached hydrogens (tertiary/aromatic N) is 1. The van der Waals surface area contributed by atoms with E-state index < -0.39 is 0 Å². The van der Waals surface area contributed by atoms with Crippen LogP contribution in [0, 0.1) is 11.3 Å². The molecule has 1 aliphatic carbocycles. The van der Waals surface area contributed by atoms with Crippen LogP contribution in [0.4, 0.5) is 0 Å². The van der Waals surface area contributed by atoms with Gasteiger partial charge in [-0.15, -0.1) is 12.4 Å². The Kier molecular flexibility index (Phi) is 6.68. The van der Waals surface area contributed by atoms with Crippen molar-refractivity contribution in [2.24, 2.45) is 17.1 Å². The highest BCUT2D eigenvalue weighted by molar-refractivity contribution is 5.88. The zero-order valence-electron chi connectivity index (χ0n) is 13.9. The van der Waals surface area contributed by atoms with Gasteiger partial charge in [0.2, 0.25) is 11.8 Å². The average molecular weight is 332 g/mol. The molecule has 0 radical (unpaired) electrons. The second-order valence-corrected chi connectivity index (χ2v) is 7.73.